The highest BCUT2D eigenvalue weighted by atomic mass is 79.9. The molecule has 0 radical (unpaired) electrons. The second-order valence-corrected chi connectivity index (χ2v) is 7.37. The molecule has 0 spiro atoms. The van der Waals surface area contributed by atoms with Crippen LogP contribution in [-0.2, 0) is 16.0 Å². The van der Waals surface area contributed by atoms with Gasteiger partial charge in [0.05, 0.1) is 12.1 Å². The van der Waals surface area contributed by atoms with Crippen molar-refractivity contribution in [1.29, 1.82) is 0 Å². The lowest BCUT2D eigenvalue weighted by molar-refractivity contribution is -0.123. The number of anilines is 2. The molecular weight excluding hydrogens is 420 g/mol. The number of ether oxygens (including phenoxy) is 1. The molecule has 3 rings (SSSR count). The van der Waals surface area contributed by atoms with Crippen LogP contribution in [0, 0.1) is 0 Å². The van der Waals surface area contributed by atoms with E-state index in [1.54, 1.807) is 30.0 Å². The topological polar surface area (TPSA) is 58.6 Å². The smallest absolute Gasteiger partial charge is 0.247 e. The van der Waals surface area contributed by atoms with Crippen LogP contribution >= 0.6 is 27.5 Å². The van der Waals surface area contributed by atoms with Crippen molar-refractivity contribution in [3.63, 3.8) is 0 Å². The van der Waals surface area contributed by atoms with E-state index < -0.39 is 6.04 Å². The molecule has 0 aromatic heterocycles. The van der Waals surface area contributed by atoms with Gasteiger partial charge in [0.1, 0.15) is 11.8 Å². The third kappa shape index (κ3) is 3.71. The number of hydrogen-bond acceptors (Lipinski definition) is 3. The average Bonchev–Trinajstić information content (AvgIpc) is 2.61. The number of amides is 2. The van der Waals surface area contributed by atoms with Crippen molar-refractivity contribution in [2.45, 2.75) is 25.8 Å². The van der Waals surface area contributed by atoms with Gasteiger partial charge in [-0.15, -0.1) is 0 Å². The zero-order valence-electron chi connectivity index (χ0n) is 14.4. The van der Waals surface area contributed by atoms with Crippen LogP contribution in [0.2, 0.25) is 5.02 Å². The van der Waals surface area contributed by atoms with Gasteiger partial charge in [-0.05, 0) is 55.3 Å². The highest BCUT2D eigenvalue weighted by molar-refractivity contribution is 9.10. The van der Waals surface area contributed by atoms with E-state index in [4.69, 9.17) is 16.3 Å². The standard InChI is InChI=1S/C19H18BrClN2O3/c1-11(19(25)22-14-5-7-17(26-2)15(21)10-14)23-16-6-4-13(20)9-12(16)3-8-18(23)24/h4-7,9-11H,3,8H2,1-2H3,(H,22,25). The summed E-state index contributed by atoms with van der Waals surface area (Å²) in [7, 11) is 1.53. The van der Waals surface area contributed by atoms with Gasteiger partial charge in [0, 0.05) is 22.3 Å². The molecule has 0 aliphatic carbocycles. The summed E-state index contributed by atoms with van der Waals surface area (Å²) in [6.45, 7) is 1.72. The number of nitrogens with zero attached hydrogens (tertiary/aromatic N) is 1. The van der Waals surface area contributed by atoms with Crippen LogP contribution in [0.5, 0.6) is 5.75 Å². The molecule has 1 unspecified atom stereocenters. The number of halogens is 2. The van der Waals surface area contributed by atoms with Crippen LogP contribution in [0.25, 0.3) is 0 Å². The predicted octanol–water partition coefficient (Wildman–Crippen LogP) is 4.42. The normalized spacial score (nSPS) is 14.6. The molecule has 0 saturated carbocycles. The van der Waals surface area contributed by atoms with Gasteiger partial charge >= 0.3 is 0 Å². The Kier molecular flexibility index (Phi) is 5.53. The van der Waals surface area contributed by atoms with Crippen molar-refractivity contribution in [3.8, 4) is 5.75 Å². The molecule has 0 saturated heterocycles. The molecule has 1 aliphatic rings. The largest absolute Gasteiger partial charge is 0.495 e. The van der Waals surface area contributed by atoms with E-state index >= 15 is 0 Å². The Morgan fingerprint density at radius 3 is 2.73 bits per heavy atom. The number of carbonyl (C=O) groups is 2. The first-order valence-electron chi connectivity index (χ1n) is 8.15. The summed E-state index contributed by atoms with van der Waals surface area (Å²) in [6.07, 6.45) is 1.06. The van der Waals surface area contributed by atoms with Gasteiger partial charge in [-0.25, -0.2) is 0 Å². The van der Waals surface area contributed by atoms with Gasteiger partial charge in [0.25, 0.3) is 0 Å². The second kappa shape index (κ2) is 7.68. The van der Waals surface area contributed by atoms with Crippen LogP contribution < -0.4 is 15.0 Å². The first kappa shape index (κ1) is 18.7. The Bertz CT molecular complexity index is 872. The van der Waals surface area contributed by atoms with Crippen LogP contribution in [0.4, 0.5) is 11.4 Å². The lowest BCUT2D eigenvalue weighted by atomic mass is 9.99. The average molecular weight is 438 g/mol. The maximum absolute atomic E-state index is 12.7. The summed E-state index contributed by atoms with van der Waals surface area (Å²) < 4.78 is 6.06. The fourth-order valence-electron chi connectivity index (χ4n) is 3.02. The summed E-state index contributed by atoms with van der Waals surface area (Å²) in [6, 6.07) is 10.1. The van der Waals surface area contributed by atoms with Crippen molar-refractivity contribution in [3.05, 3.63) is 51.5 Å². The van der Waals surface area contributed by atoms with Crippen molar-refractivity contribution >= 4 is 50.7 Å². The molecule has 1 heterocycles. The van der Waals surface area contributed by atoms with E-state index in [0.29, 0.717) is 29.3 Å². The SMILES string of the molecule is COc1ccc(NC(=O)C(C)N2C(=O)CCc3cc(Br)ccc32)cc1Cl. The van der Waals surface area contributed by atoms with Gasteiger partial charge < -0.3 is 10.1 Å². The van der Waals surface area contributed by atoms with Crippen molar-refractivity contribution in [1.82, 2.24) is 0 Å². The molecule has 1 aliphatic heterocycles. The number of carbonyl (C=O) groups excluding carboxylic acids is 2. The Labute approximate surface area is 165 Å². The highest BCUT2D eigenvalue weighted by Gasteiger charge is 2.32. The highest BCUT2D eigenvalue weighted by Crippen LogP contribution is 2.32. The molecule has 0 fully saturated rings. The number of hydrogen-bond donors (Lipinski definition) is 1. The summed E-state index contributed by atoms with van der Waals surface area (Å²) >= 11 is 9.55. The molecule has 7 heteroatoms. The van der Waals surface area contributed by atoms with Gasteiger partial charge in [-0.3, -0.25) is 14.5 Å². The Morgan fingerprint density at radius 1 is 1.27 bits per heavy atom. The van der Waals surface area contributed by atoms with E-state index in [0.717, 1.165) is 15.7 Å². The molecule has 2 aromatic carbocycles. The summed E-state index contributed by atoms with van der Waals surface area (Å²) in [5, 5.41) is 3.22. The van der Waals surface area contributed by atoms with E-state index in [-0.39, 0.29) is 11.8 Å². The van der Waals surface area contributed by atoms with Crippen molar-refractivity contribution < 1.29 is 14.3 Å². The minimum atomic E-state index is -0.649. The van der Waals surface area contributed by atoms with Gasteiger partial charge in [0.2, 0.25) is 11.8 Å². The lowest BCUT2D eigenvalue weighted by Crippen LogP contribution is -2.47. The van der Waals surface area contributed by atoms with Gasteiger partial charge in [-0.1, -0.05) is 27.5 Å². The van der Waals surface area contributed by atoms with E-state index in [1.165, 1.54) is 7.11 Å². The molecule has 1 atom stereocenters. The quantitative estimate of drug-likeness (QED) is 0.770. The van der Waals surface area contributed by atoms with E-state index in [9.17, 15) is 9.59 Å². The Morgan fingerprint density at radius 2 is 2.04 bits per heavy atom. The monoisotopic (exact) mass is 436 g/mol. The Hall–Kier alpha value is -2.05. The number of aryl methyl sites for hydroxylation is 1. The number of methoxy groups -OCH3 is 1. The number of rotatable bonds is 4. The Balaban J connectivity index is 1.82. The first-order valence-corrected chi connectivity index (χ1v) is 9.32. The first-order chi connectivity index (χ1) is 12.4. The molecule has 1 N–H and O–H groups in total. The van der Waals surface area contributed by atoms with Gasteiger partial charge in [0.15, 0.2) is 0 Å². The fourth-order valence-corrected chi connectivity index (χ4v) is 3.68. The van der Waals surface area contributed by atoms with E-state index in [1.807, 2.05) is 18.2 Å². The van der Waals surface area contributed by atoms with Crippen LogP contribution in [0.3, 0.4) is 0 Å². The third-order valence-corrected chi connectivity index (χ3v) is 5.15. The number of nitrogens with one attached hydrogen (secondary N) is 1. The zero-order valence-corrected chi connectivity index (χ0v) is 16.7. The summed E-state index contributed by atoms with van der Waals surface area (Å²) in [4.78, 5) is 26.7. The fraction of sp³-hybridized carbons (Fsp3) is 0.263. The van der Waals surface area contributed by atoms with Crippen LogP contribution in [-0.4, -0.2) is 25.0 Å². The molecule has 5 nitrogen and oxygen atoms in total. The molecule has 136 valence electrons. The minimum Gasteiger partial charge on any atom is -0.495 e. The second-order valence-electron chi connectivity index (χ2n) is 6.05. The molecule has 0 bridgehead atoms. The van der Waals surface area contributed by atoms with Crippen LogP contribution in [0.1, 0.15) is 18.9 Å². The molecule has 2 aromatic rings. The number of fused-ring (bicyclic) bond motifs is 1. The maximum Gasteiger partial charge on any atom is 0.247 e. The van der Waals surface area contributed by atoms with Crippen LogP contribution in [0.15, 0.2) is 40.9 Å². The maximum atomic E-state index is 12.7. The zero-order chi connectivity index (χ0) is 18.8. The number of benzene rings is 2. The van der Waals surface area contributed by atoms with Crippen molar-refractivity contribution in [2.75, 3.05) is 17.3 Å². The third-order valence-electron chi connectivity index (χ3n) is 4.36. The summed E-state index contributed by atoms with van der Waals surface area (Å²) in [5.74, 6) is 0.189. The van der Waals surface area contributed by atoms with Crippen molar-refractivity contribution in [2.24, 2.45) is 0 Å². The summed E-state index contributed by atoms with van der Waals surface area (Å²) in [5.41, 5.74) is 2.37. The lowest BCUT2D eigenvalue weighted by Gasteiger charge is -2.33. The van der Waals surface area contributed by atoms with Gasteiger partial charge in [-0.2, -0.15) is 0 Å². The molecule has 26 heavy (non-hydrogen) atoms. The minimum absolute atomic E-state index is 0.0600. The molecular formula is C19H18BrClN2O3. The van der Waals surface area contributed by atoms with E-state index in [2.05, 4.69) is 21.2 Å². The predicted molar refractivity (Wildman–Crippen MR) is 106 cm³/mol. The molecule has 2 amide bonds.